The number of aromatic nitrogens is 4. The third kappa shape index (κ3) is 2.46. The van der Waals surface area contributed by atoms with Gasteiger partial charge in [-0.2, -0.15) is 18.3 Å². The minimum Gasteiger partial charge on any atom is -0.476 e. The zero-order valence-corrected chi connectivity index (χ0v) is 9.09. The molecule has 0 aliphatic rings. The van der Waals surface area contributed by atoms with E-state index in [1.54, 1.807) is 0 Å². The maximum atomic E-state index is 12.5. The molecule has 100 valence electrons. The number of carboxylic acids is 1. The zero-order valence-electron chi connectivity index (χ0n) is 9.09. The molecule has 10 heteroatoms. The molecule has 2 heterocycles. The first-order valence-corrected chi connectivity index (χ1v) is 4.78. The number of hydrogen-bond acceptors (Lipinski definition) is 5. The van der Waals surface area contributed by atoms with Crippen LogP contribution in [0.3, 0.4) is 0 Å². The molecule has 0 saturated heterocycles. The third-order valence-corrected chi connectivity index (χ3v) is 2.08. The number of nitrogens with two attached hydrogens (primary N) is 1. The first kappa shape index (κ1) is 12.8. The van der Waals surface area contributed by atoms with Gasteiger partial charge in [0.2, 0.25) is 0 Å². The van der Waals surface area contributed by atoms with Gasteiger partial charge in [-0.15, -0.1) is 0 Å². The fourth-order valence-corrected chi connectivity index (χ4v) is 1.27. The molecule has 2 aromatic heterocycles. The summed E-state index contributed by atoms with van der Waals surface area (Å²) in [7, 11) is 0. The number of hydrogen-bond donors (Lipinski definition) is 2. The smallest absolute Gasteiger partial charge is 0.433 e. The minimum atomic E-state index is -4.63. The highest BCUT2D eigenvalue weighted by molar-refractivity contribution is 5.91. The molecule has 0 amide bonds. The number of carbonyl (C=O) groups is 1. The van der Waals surface area contributed by atoms with Gasteiger partial charge >= 0.3 is 12.1 Å². The van der Waals surface area contributed by atoms with E-state index >= 15 is 0 Å². The van der Waals surface area contributed by atoms with Crippen molar-refractivity contribution >= 4 is 11.7 Å². The predicted octanol–water partition coefficient (Wildman–Crippen LogP) is 0.962. The van der Waals surface area contributed by atoms with Gasteiger partial charge in [-0.1, -0.05) is 0 Å². The Balaban J connectivity index is 2.48. The largest absolute Gasteiger partial charge is 0.476 e. The van der Waals surface area contributed by atoms with Crippen LogP contribution < -0.4 is 5.73 Å². The molecule has 0 spiro atoms. The summed E-state index contributed by atoms with van der Waals surface area (Å²) >= 11 is 0. The fraction of sp³-hybridized carbons (Fsp3) is 0.111. The topological polar surface area (TPSA) is 107 Å². The number of alkyl halides is 3. The van der Waals surface area contributed by atoms with E-state index in [0.29, 0.717) is 6.07 Å². The third-order valence-electron chi connectivity index (χ3n) is 2.08. The van der Waals surface area contributed by atoms with Gasteiger partial charge < -0.3 is 10.8 Å². The number of aromatic carboxylic acids is 1. The van der Waals surface area contributed by atoms with Crippen LogP contribution in [0.25, 0.3) is 5.95 Å². The van der Waals surface area contributed by atoms with Gasteiger partial charge in [0.1, 0.15) is 5.69 Å². The second-order valence-corrected chi connectivity index (χ2v) is 3.42. The second kappa shape index (κ2) is 4.23. The molecule has 0 aliphatic carbocycles. The van der Waals surface area contributed by atoms with Crippen LogP contribution in [0.1, 0.15) is 16.2 Å². The normalized spacial score (nSPS) is 11.5. The standard InChI is InChI=1S/C9H6F3N5O2/c10-9(11,12)5-1-2-14-8(15-5)17-3-4(13)6(16-17)7(18)19/h1-3H,13H2,(H,18,19). The van der Waals surface area contributed by atoms with Crippen LogP contribution in [0.5, 0.6) is 0 Å². The van der Waals surface area contributed by atoms with E-state index in [4.69, 9.17) is 10.8 Å². The molecule has 0 aromatic carbocycles. The Hall–Kier alpha value is -2.65. The molecule has 0 fully saturated rings. The predicted molar refractivity (Wildman–Crippen MR) is 55.5 cm³/mol. The van der Waals surface area contributed by atoms with Crippen molar-refractivity contribution < 1.29 is 23.1 Å². The molecule has 0 atom stereocenters. The molecule has 0 unspecified atom stereocenters. The van der Waals surface area contributed by atoms with Crippen molar-refractivity contribution in [1.29, 1.82) is 0 Å². The Bertz CT molecular complexity index is 637. The molecule has 2 rings (SSSR count). The van der Waals surface area contributed by atoms with E-state index in [2.05, 4.69) is 15.1 Å². The van der Waals surface area contributed by atoms with Gasteiger partial charge in [0, 0.05) is 6.20 Å². The van der Waals surface area contributed by atoms with E-state index < -0.39 is 29.5 Å². The van der Waals surface area contributed by atoms with Crippen LogP contribution in [0.4, 0.5) is 18.9 Å². The molecule has 3 N–H and O–H groups in total. The first-order chi connectivity index (χ1) is 8.79. The van der Waals surface area contributed by atoms with Gasteiger partial charge in [0.25, 0.3) is 5.95 Å². The molecule has 0 aliphatic heterocycles. The molecular weight excluding hydrogens is 267 g/mol. The van der Waals surface area contributed by atoms with Gasteiger partial charge in [0.05, 0.1) is 11.9 Å². The van der Waals surface area contributed by atoms with E-state index in [9.17, 15) is 18.0 Å². The number of rotatable bonds is 2. The van der Waals surface area contributed by atoms with Crippen molar-refractivity contribution in [3.8, 4) is 5.95 Å². The monoisotopic (exact) mass is 273 g/mol. The van der Waals surface area contributed by atoms with Crippen LogP contribution in [0.2, 0.25) is 0 Å². The van der Waals surface area contributed by atoms with Gasteiger partial charge in [-0.3, -0.25) is 0 Å². The lowest BCUT2D eigenvalue weighted by molar-refractivity contribution is -0.141. The Morgan fingerprint density at radius 3 is 2.63 bits per heavy atom. The molecule has 0 saturated carbocycles. The molecule has 0 radical (unpaired) electrons. The van der Waals surface area contributed by atoms with E-state index in [0.717, 1.165) is 17.1 Å². The number of carboxylic acid groups (broad SMARTS) is 1. The average Bonchev–Trinajstić information content (AvgIpc) is 2.70. The Labute approximate surface area is 103 Å². The van der Waals surface area contributed by atoms with E-state index in [1.165, 1.54) is 0 Å². The summed E-state index contributed by atoms with van der Waals surface area (Å²) in [6.45, 7) is 0. The second-order valence-electron chi connectivity index (χ2n) is 3.42. The van der Waals surface area contributed by atoms with Crippen molar-refractivity contribution in [2.24, 2.45) is 0 Å². The summed E-state index contributed by atoms with van der Waals surface area (Å²) in [5.41, 5.74) is 3.51. The van der Waals surface area contributed by atoms with Crippen LogP contribution >= 0.6 is 0 Å². The summed E-state index contributed by atoms with van der Waals surface area (Å²) in [6, 6.07) is 0.689. The summed E-state index contributed by atoms with van der Waals surface area (Å²) in [4.78, 5) is 17.5. The van der Waals surface area contributed by atoms with Gasteiger partial charge in [-0.25, -0.2) is 19.4 Å². The molecule has 0 bridgehead atoms. The lowest BCUT2D eigenvalue weighted by Crippen LogP contribution is -2.12. The quantitative estimate of drug-likeness (QED) is 0.843. The lowest BCUT2D eigenvalue weighted by Gasteiger charge is -2.06. The average molecular weight is 273 g/mol. The maximum Gasteiger partial charge on any atom is 0.433 e. The molecule has 19 heavy (non-hydrogen) atoms. The molecular formula is C9H6F3N5O2. The SMILES string of the molecule is Nc1cn(-c2nccc(C(F)(F)F)n2)nc1C(=O)O. The summed E-state index contributed by atoms with van der Waals surface area (Å²) in [6.07, 6.45) is -2.71. The van der Waals surface area contributed by atoms with Crippen molar-refractivity contribution in [2.75, 3.05) is 5.73 Å². The number of halogens is 3. The highest BCUT2D eigenvalue weighted by Gasteiger charge is 2.33. The van der Waals surface area contributed by atoms with Crippen molar-refractivity contribution in [2.45, 2.75) is 6.18 Å². The van der Waals surface area contributed by atoms with Gasteiger partial charge in [0.15, 0.2) is 5.69 Å². The first-order valence-electron chi connectivity index (χ1n) is 4.78. The van der Waals surface area contributed by atoms with Crippen LogP contribution in [0, 0.1) is 0 Å². The highest BCUT2D eigenvalue weighted by Crippen LogP contribution is 2.27. The zero-order chi connectivity index (χ0) is 14.2. The van der Waals surface area contributed by atoms with Crippen LogP contribution in [-0.4, -0.2) is 30.8 Å². The lowest BCUT2D eigenvalue weighted by atomic mass is 10.4. The Morgan fingerprint density at radius 2 is 2.11 bits per heavy atom. The van der Waals surface area contributed by atoms with Crippen molar-refractivity contribution in [3.05, 3.63) is 29.8 Å². The number of anilines is 1. The van der Waals surface area contributed by atoms with E-state index in [1.807, 2.05) is 0 Å². The van der Waals surface area contributed by atoms with Crippen LogP contribution in [0.15, 0.2) is 18.5 Å². The molecule has 2 aromatic rings. The van der Waals surface area contributed by atoms with Gasteiger partial charge in [-0.05, 0) is 6.07 Å². The summed E-state index contributed by atoms with van der Waals surface area (Å²) in [5, 5.41) is 12.2. The fourth-order valence-electron chi connectivity index (χ4n) is 1.27. The Kier molecular flexibility index (Phi) is 2.85. The van der Waals surface area contributed by atoms with Crippen LogP contribution in [-0.2, 0) is 6.18 Å². The van der Waals surface area contributed by atoms with Crippen molar-refractivity contribution in [1.82, 2.24) is 19.7 Å². The Morgan fingerprint density at radius 1 is 1.42 bits per heavy atom. The highest BCUT2D eigenvalue weighted by atomic mass is 19.4. The maximum absolute atomic E-state index is 12.5. The summed E-state index contributed by atoms with van der Waals surface area (Å²) in [5.74, 6) is -1.82. The molecule has 7 nitrogen and oxygen atoms in total. The van der Waals surface area contributed by atoms with E-state index in [-0.39, 0.29) is 5.69 Å². The number of nitrogen functional groups attached to an aromatic ring is 1. The number of nitrogens with zero attached hydrogens (tertiary/aromatic N) is 4. The minimum absolute atomic E-state index is 0.200. The summed E-state index contributed by atoms with van der Waals surface area (Å²) < 4.78 is 38.1. The van der Waals surface area contributed by atoms with Crippen molar-refractivity contribution in [3.63, 3.8) is 0 Å².